The van der Waals surface area contributed by atoms with Crippen LogP contribution in [0.25, 0.3) is 5.52 Å². The minimum atomic E-state index is -3.48. The number of aryl methyl sites for hydroxylation is 2. The molecular formula is C27H34N4O3S. The van der Waals surface area contributed by atoms with Gasteiger partial charge in [0.25, 0.3) is 5.91 Å². The van der Waals surface area contributed by atoms with Gasteiger partial charge in [-0.25, -0.2) is 12.9 Å². The van der Waals surface area contributed by atoms with Crippen LogP contribution in [0.5, 0.6) is 0 Å². The number of nitrogens with zero attached hydrogens (tertiary/aromatic N) is 4. The van der Waals surface area contributed by atoms with Crippen LogP contribution in [-0.4, -0.2) is 59.3 Å². The smallest absolute Gasteiger partial charge is 0.257 e. The van der Waals surface area contributed by atoms with E-state index in [0.29, 0.717) is 23.5 Å². The summed E-state index contributed by atoms with van der Waals surface area (Å²) in [5, 5.41) is 4.60. The number of amides is 1. The highest BCUT2D eigenvalue weighted by molar-refractivity contribution is 7.89. The Bertz CT molecular complexity index is 1310. The molecule has 3 aromatic rings. The highest BCUT2D eigenvalue weighted by atomic mass is 32.2. The van der Waals surface area contributed by atoms with Crippen molar-refractivity contribution in [2.45, 2.75) is 63.2 Å². The monoisotopic (exact) mass is 494 g/mol. The zero-order valence-electron chi connectivity index (χ0n) is 20.6. The molecule has 2 saturated heterocycles. The fourth-order valence-electron chi connectivity index (χ4n) is 5.42. The number of piperidine rings is 1. The molecule has 0 radical (unpaired) electrons. The molecule has 1 amide bonds. The molecular weight excluding hydrogens is 460 g/mol. The van der Waals surface area contributed by atoms with Crippen LogP contribution in [0.3, 0.4) is 0 Å². The van der Waals surface area contributed by atoms with Crippen molar-refractivity contribution in [3.63, 3.8) is 0 Å². The first kappa shape index (κ1) is 24.0. The van der Waals surface area contributed by atoms with E-state index in [9.17, 15) is 13.2 Å². The molecule has 0 aliphatic carbocycles. The van der Waals surface area contributed by atoms with Gasteiger partial charge in [-0.15, -0.1) is 0 Å². The van der Waals surface area contributed by atoms with Gasteiger partial charge in [0.2, 0.25) is 10.0 Å². The molecule has 35 heavy (non-hydrogen) atoms. The lowest BCUT2D eigenvalue weighted by atomic mass is 9.90. The summed E-state index contributed by atoms with van der Waals surface area (Å²) < 4.78 is 29.6. The second kappa shape index (κ2) is 9.74. The third kappa shape index (κ3) is 4.74. The maximum atomic E-state index is 13.4. The Labute approximate surface area is 207 Å². The lowest BCUT2D eigenvalue weighted by molar-refractivity contribution is 0.0763. The van der Waals surface area contributed by atoms with Crippen molar-refractivity contribution in [3.05, 3.63) is 65.0 Å². The van der Waals surface area contributed by atoms with Crippen molar-refractivity contribution in [3.8, 4) is 0 Å². The van der Waals surface area contributed by atoms with Gasteiger partial charge in [0.15, 0.2) is 0 Å². The van der Waals surface area contributed by atoms with Gasteiger partial charge < -0.3 is 4.90 Å². The van der Waals surface area contributed by atoms with Crippen LogP contribution in [0.1, 0.15) is 71.6 Å². The van der Waals surface area contributed by atoms with Crippen molar-refractivity contribution in [2.75, 3.05) is 26.2 Å². The van der Waals surface area contributed by atoms with Gasteiger partial charge >= 0.3 is 0 Å². The average Bonchev–Trinajstić information content (AvgIpc) is 3.01. The molecule has 0 spiro atoms. The number of carbonyl (C=O) groups excluding carboxylic acids is 1. The minimum Gasteiger partial charge on any atom is -0.339 e. The maximum absolute atomic E-state index is 13.4. The van der Waals surface area contributed by atoms with Crippen molar-refractivity contribution in [1.29, 1.82) is 0 Å². The Balaban J connectivity index is 1.35. The lowest BCUT2D eigenvalue weighted by Gasteiger charge is -2.31. The molecule has 0 saturated carbocycles. The normalized spacial score (nSPS) is 18.6. The molecule has 2 aliphatic rings. The Morgan fingerprint density at radius 1 is 0.914 bits per heavy atom. The summed E-state index contributed by atoms with van der Waals surface area (Å²) >= 11 is 0. The Morgan fingerprint density at radius 3 is 2.23 bits per heavy atom. The number of likely N-dealkylation sites (tertiary alicyclic amines) is 1. The molecule has 7 nitrogen and oxygen atoms in total. The van der Waals surface area contributed by atoms with E-state index in [-0.39, 0.29) is 11.8 Å². The molecule has 2 fully saturated rings. The van der Waals surface area contributed by atoms with E-state index in [0.717, 1.165) is 61.1 Å². The fraction of sp³-hybridized carbons (Fsp3) is 0.481. The van der Waals surface area contributed by atoms with Crippen molar-refractivity contribution < 1.29 is 13.2 Å². The van der Waals surface area contributed by atoms with Crippen LogP contribution in [-0.2, 0) is 10.0 Å². The van der Waals surface area contributed by atoms with Gasteiger partial charge in [0.1, 0.15) is 0 Å². The minimum absolute atomic E-state index is 0.0792. The number of aromatic nitrogens is 2. The number of pyridine rings is 1. The van der Waals surface area contributed by atoms with E-state index in [4.69, 9.17) is 0 Å². The molecule has 186 valence electrons. The Hall–Kier alpha value is -2.71. The van der Waals surface area contributed by atoms with Crippen LogP contribution < -0.4 is 0 Å². The number of hydrogen-bond donors (Lipinski definition) is 0. The van der Waals surface area contributed by atoms with E-state index in [1.807, 2.05) is 37.1 Å². The summed E-state index contributed by atoms with van der Waals surface area (Å²) in [6.45, 7) is 6.46. The zero-order chi connectivity index (χ0) is 24.6. The van der Waals surface area contributed by atoms with Crippen LogP contribution in [0.2, 0.25) is 0 Å². The molecule has 0 bridgehead atoms. The second-order valence-corrected chi connectivity index (χ2v) is 11.9. The third-order valence-electron chi connectivity index (χ3n) is 7.53. The molecule has 2 aliphatic heterocycles. The predicted octanol–water partition coefficient (Wildman–Crippen LogP) is 4.54. The lowest BCUT2D eigenvalue weighted by Crippen LogP contribution is -2.37. The molecule has 4 heterocycles. The van der Waals surface area contributed by atoms with Crippen LogP contribution >= 0.6 is 0 Å². The summed E-state index contributed by atoms with van der Waals surface area (Å²) in [5.41, 5.74) is 4.50. The quantitative estimate of drug-likeness (QED) is 0.534. The number of rotatable bonds is 4. The van der Waals surface area contributed by atoms with E-state index in [1.54, 1.807) is 21.0 Å². The summed E-state index contributed by atoms with van der Waals surface area (Å²) in [5.74, 6) is 0.330. The number of fused-ring (bicyclic) bond motifs is 1. The van der Waals surface area contributed by atoms with Crippen LogP contribution in [0, 0.1) is 13.8 Å². The predicted molar refractivity (Wildman–Crippen MR) is 136 cm³/mol. The van der Waals surface area contributed by atoms with E-state index >= 15 is 0 Å². The van der Waals surface area contributed by atoms with Gasteiger partial charge in [0.05, 0.1) is 21.7 Å². The van der Waals surface area contributed by atoms with Gasteiger partial charge in [-0.3, -0.25) is 4.79 Å². The molecule has 1 aromatic carbocycles. The molecule has 0 atom stereocenters. The molecule has 0 unspecified atom stereocenters. The third-order valence-corrected chi connectivity index (χ3v) is 9.44. The molecule has 2 aromatic heterocycles. The zero-order valence-corrected chi connectivity index (χ0v) is 21.4. The number of carbonyl (C=O) groups is 1. The first-order valence-corrected chi connectivity index (χ1v) is 14.1. The Morgan fingerprint density at radius 2 is 1.57 bits per heavy atom. The maximum Gasteiger partial charge on any atom is 0.257 e. The van der Waals surface area contributed by atoms with Crippen LogP contribution in [0.15, 0.2) is 47.5 Å². The average molecular weight is 495 g/mol. The summed E-state index contributed by atoms with van der Waals surface area (Å²) in [4.78, 5) is 15.8. The molecule has 5 rings (SSSR count). The van der Waals surface area contributed by atoms with E-state index in [1.165, 1.54) is 12.8 Å². The highest BCUT2D eigenvalue weighted by Crippen LogP contribution is 2.32. The SMILES string of the molecule is Cc1ccc(S(=O)(=O)N2CCC(c3ccn4nc(C)c(C(=O)N5CCCCCC5)c4c3)CC2)cc1. The summed E-state index contributed by atoms with van der Waals surface area (Å²) in [6, 6.07) is 11.2. The van der Waals surface area contributed by atoms with Gasteiger partial charge in [0, 0.05) is 32.4 Å². The fourth-order valence-corrected chi connectivity index (χ4v) is 6.89. The largest absolute Gasteiger partial charge is 0.339 e. The summed E-state index contributed by atoms with van der Waals surface area (Å²) in [7, 11) is -3.48. The topological polar surface area (TPSA) is 75.0 Å². The summed E-state index contributed by atoms with van der Waals surface area (Å²) in [6.07, 6.45) is 7.92. The number of hydrogen-bond acceptors (Lipinski definition) is 4. The Kier molecular flexibility index (Phi) is 6.68. The molecule has 8 heteroatoms. The van der Waals surface area contributed by atoms with E-state index < -0.39 is 10.0 Å². The van der Waals surface area contributed by atoms with Crippen LogP contribution in [0.4, 0.5) is 0 Å². The number of sulfonamides is 1. The first-order valence-electron chi connectivity index (χ1n) is 12.7. The van der Waals surface area contributed by atoms with Crippen molar-refractivity contribution >= 4 is 21.4 Å². The van der Waals surface area contributed by atoms with Gasteiger partial charge in [-0.2, -0.15) is 9.40 Å². The number of benzene rings is 1. The highest BCUT2D eigenvalue weighted by Gasteiger charge is 2.31. The van der Waals surface area contributed by atoms with Gasteiger partial charge in [-0.05, 0) is 75.3 Å². The van der Waals surface area contributed by atoms with Crippen molar-refractivity contribution in [1.82, 2.24) is 18.8 Å². The molecule has 0 N–H and O–H groups in total. The standard InChI is InChI=1S/C27H34N4O3S/c1-20-7-9-24(10-8-20)35(33,34)30-16-11-22(12-17-30)23-13-18-31-25(19-23)26(21(2)28-31)27(32)29-14-5-3-4-6-15-29/h7-10,13,18-19,22H,3-6,11-12,14-17H2,1-2H3. The van der Waals surface area contributed by atoms with Crippen molar-refractivity contribution in [2.24, 2.45) is 0 Å². The van der Waals surface area contributed by atoms with Gasteiger partial charge in [-0.1, -0.05) is 30.5 Å². The second-order valence-electron chi connectivity index (χ2n) is 9.95. The first-order chi connectivity index (χ1) is 16.8. The van der Waals surface area contributed by atoms with E-state index in [2.05, 4.69) is 17.2 Å².